The van der Waals surface area contributed by atoms with Gasteiger partial charge < -0.3 is 40.4 Å². The molecule has 35 heavy (non-hydrogen) atoms. The molecule has 0 aromatic heterocycles. The van der Waals surface area contributed by atoms with Crippen LogP contribution in [0.25, 0.3) is 0 Å². The summed E-state index contributed by atoms with van der Waals surface area (Å²) in [5.41, 5.74) is 0.136. The summed E-state index contributed by atoms with van der Waals surface area (Å²) in [7, 11) is 0. The molecule has 3 heterocycles. The zero-order valence-electron chi connectivity index (χ0n) is 19.9. The number of carboxylic acid groups (broad SMARTS) is 2. The minimum absolute atomic E-state index is 0. The molecule has 3 N–H and O–H groups in total. The van der Waals surface area contributed by atoms with E-state index in [1.165, 1.54) is 41.8 Å². The third kappa shape index (κ3) is 5.83. The standard InChI is InChI=1S/C22H25N3O7S.2Na/c1-9-16-15(10(2)26)20(28)25(16)17(22(31)32)18(9)33-13-7-14(23-8-13)19(27)24-12-5-3-4-11(6-12)21(29)30;;/h3-6,9-10,13-16,23,26H,7-8H2,1-2H3,(H,24,27)(H,29,30)(H,31,32);;/q;2*+1/p-2/t9-,10-,13+,14+,15-,16-;;/m1../s1. The van der Waals surface area contributed by atoms with Crippen LogP contribution in [0.2, 0.25) is 0 Å². The normalized spacial score (nSPS) is 27.8. The molecule has 3 aliphatic rings. The molecule has 0 radical (unpaired) electrons. The van der Waals surface area contributed by atoms with Gasteiger partial charge in [0.05, 0.1) is 41.7 Å². The van der Waals surface area contributed by atoms with E-state index in [1.54, 1.807) is 6.07 Å². The van der Waals surface area contributed by atoms with Gasteiger partial charge in [-0.25, -0.2) is 0 Å². The van der Waals surface area contributed by atoms with E-state index in [4.69, 9.17) is 0 Å². The molecule has 0 bridgehead atoms. The first-order valence-electron chi connectivity index (χ1n) is 10.6. The van der Waals surface area contributed by atoms with Crippen LogP contribution in [-0.2, 0) is 14.4 Å². The maximum atomic E-state index is 12.6. The minimum atomic E-state index is -1.43. The fraction of sp³-hybridized carbons (Fsp3) is 0.455. The van der Waals surface area contributed by atoms with Gasteiger partial charge in [-0.15, -0.1) is 11.8 Å². The summed E-state index contributed by atoms with van der Waals surface area (Å²) in [5.74, 6) is -4.46. The van der Waals surface area contributed by atoms with Crippen LogP contribution in [0.3, 0.4) is 0 Å². The number of aliphatic hydroxyl groups excluding tert-OH is 1. The molecule has 6 atom stereocenters. The van der Waals surface area contributed by atoms with Crippen LogP contribution in [0.1, 0.15) is 30.6 Å². The first-order chi connectivity index (χ1) is 15.6. The van der Waals surface area contributed by atoms with Gasteiger partial charge in [-0.1, -0.05) is 19.1 Å². The van der Waals surface area contributed by atoms with Gasteiger partial charge in [0.25, 0.3) is 0 Å². The van der Waals surface area contributed by atoms with Crippen LogP contribution >= 0.6 is 11.8 Å². The number of aromatic carboxylic acids is 1. The van der Waals surface area contributed by atoms with E-state index >= 15 is 0 Å². The maximum Gasteiger partial charge on any atom is 1.00 e. The maximum absolute atomic E-state index is 12.6. The summed E-state index contributed by atoms with van der Waals surface area (Å²) >= 11 is 1.31. The van der Waals surface area contributed by atoms with Crippen molar-refractivity contribution >= 4 is 41.2 Å². The number of anilines is 1. The number of rotatable bonds is 7. The van der Waals surface area contributed by atoms with Crippen molar-refractivity contribution in [2.24, 2.45) is 11.8 Å². The fourth-order valence-electron chi connectivity index (χ4n) is 4.79. The summed E-state index contributed by atoms with van der Waals surface area (Å²) in [4.78, 5) is 49.7. The molecule has 13 heteroatoms. The quantitative estimate of drug-likeness (QED) is 0.235. The second kappa shape index (κ2) is 12.1. The second-order valence-corrected chi connectivity index (χ2v) is 9.89. The molecule has 1 aromatic rings. The Hall–Kier alpha value is -0.890. The van der Waals surface area contributed by atoms with Crippen LogP contribution in [-0.4, -0.2) is 63.7 Å². The Balaban J connectivity index is 0.00000216. The summed E-state index contributed by atoms with van der Waals surface area (Å²) < 4.78 is 0. The number of carbonyl (C=O) groups is 4. The molecule has 4 rings (SSSR count). The van der Waals surface area contributed by atoms with Crippen molar-refractivity contribution in [1.29, 1.82) is 0 Å². The predicted octanol–water partition coefficient (Wildman–Crippen LogP) is -7.72. The number of aliphatic hydroxyl groups is 1. The molecule has 2 saturated heterocycles. The van der Waals surface area contributed by atoms with Crippen LogP contribution in [0.5, 0.6) is 0 Å². The smallest absolute Gasteiger partial charge is 0.545 e. The topological polar surface area (TPSA) is 162 Å². The van der Waals surface area contributed by atoms with Gasteiger partial charge in [0.2, 0.25) is 11.8 Å². The Bertz CT molecular complexity index is 1070. The van der Waals surface area contributed by atoms with E-state index in [0.717, 1.165) is 0 Å². The van der Waals surface area contributed by atoms with Crippen LogP contribution in [0.4, 0.5) is 5.69 Å². The van der Waals surface area contributed by atoms with Crippen LogP contribution in [0.15, 0.2) is 34.9 Å². The molecule has 10 nitrogen and oxygen atoms in total. The Kier molecular flexibility index (Phi) is 10.5. The van der Waals surface area contributed by atoms with Crippen LogP contribution in [0, 0.1) is 11.8 Å². The Morgan fingerprint density at radius 1 is 1.23 bits per heavy atom. The van der Waals surface area contributed by atoms with Gasteiger partial charge in [-0.05, 0) is 31.0 Å². The summed E-state index contributed by atoms with van der Waals surface area (Å²) in [5, 5.41) is 38.4. The molecule has 1 aromatic carbocycles. The van der Waals surface area contributed by atoms with E-state index < -0.39 is 42.0 Å². The van der Waals surface area contributed by atoms with Gasteiger partial charge >= 0.3 is 59.1 Å². The largest absolute Gasteiger partial charge is 1.00 e. The Morgan fingerprint density at radius 2 is 1.91 bits per heavy atom. The second-order valence-electron chi connectivity index (χ2n) is 8.55. The van der Waals surface area contributed by atoms with Gasteiger partial charge in [-0.2, -0.15) is 0 Å². The molecule has 0 saturated carbocycles. The van der Waals surface area contributed by atoms with E-state index in [2.05, 4.69) is 10.6 Å². The van der Waals surface area contributed by atoms with Gasteiger partial charge in [-0.3, -0.25) is 9.59 Å². The molecule has 0 spiro atoms. The van der Waals surface area contributed by atoms with E-state index in [0.29, 0.717) is 23.6 Å². The van der Waals surface area contributed by atoms with Crippen molar-refractivity contribution in [3.8, 4) is 0 Å². The van der Waals surface area contributed by atoms with Crippen molar-refractivity contribution in [1.82, 2.24) is 10.2 Å². The number of nitrogens with zero attached hydrogens (tertiary/aromatic N) is 1. The SMILES string of the molecule is C[C@@H](O)[C@H]1C(=O)N2C(C(=O)[O-])=C(S[C@@H]3CN[C@H](C(=O)Nc4cccc(C(=O)[O-])c4)C3)[C@H](C)[C@H]12.[Na+].[Na+]. The summed E-state index contributed by atoms with van der Waals surface area (Å²) in [6.45, 7) is 3.79. The molecule has 2 fully saturated rings. The zero-order valence-corrected chi connectivity index (χ0v) is 24.8. The van der Waals surface area contributed by atoms with Crippen molar-refractivity contribution in [2.75, 3.05) is 11.9 Å². The van der Waals surface area contributed by atoms with Gasteiger partial charge in [0, 0.05) is 28.3 Å². The number of hydrogen-bond donors (Lipinski definition) is 3. The number of benzene rings is 1. The molecule has 0 aliphatic carbocycles. The average Bonchev–Trinajstić information content (AvgIpc) is 3.30. The minimum Gasteiger partial charge on any atom is -0.545 e. The third-order valence-electron chi connectivity index (χ3n) is 6.37. The van der Waals surface area contributed by atoms with E-state index in [-0.39, 0.29) is 87.5 Å². The summed E-state index contributed by atoms with van der Waals surface area (Å²) in [6.07, 6.45) is -0.476. The molecule has 0 unspecified atom stereocenters. The Morgan fingerprint density at radius 3 is 2.51 bits per heavy atom. The van der Waals surface area contributed by atoms with Crippen LogP contribution < -0.4 is 80.0 Å². The fourth-order valence-corrected chi connectivity index (χ4v) is 6.27. The number of hydrogen-bond acceptors (Lipinski definition) is 9. The molecule has 176 valence electrons. The molecule has 3 aliphatic heterocycles. The molecular formula is C22H23N3Na2O7S. The first-order valence-corrected chi connectivity index (χ1v) is 11.5. The van der Waals surface area contributed by atoms with E-state index in [9.17, 15) is 34.5 Å². The average molecular weight is 519 g/mol. The van der Waals surface area contributed by atoms with Crippen molar-refractivity contribution < 1.29 is 93.6 Å². The number of fused-ring (bicyclic) bond motifs is 1. The van der Waals surface area contributed by atoms with Crippen molar-refractivity contribution in [3.63, 3.8) is 0 Å². The third-order valence-corrected chi connectivity index (χ3v) is 7.88. The summed E-state index contributed by atoms with van der Waals surface area (Å²) in [6, 6.07) is 4.78. The van der Waals surface area contributed by atoms with E-state index in [1.807, 2.05) is 6.92 Å². The monoisotopic (exact) mass is 519 g/mol. The Labute approximate surface area is 250 Å². The zero-order chi connectivity index (χ0) is 24.0. The van der Waals surface area contributed by atoms with Gasteiger partial charge in [0.15, 0.2) is 0 Å². The number of aliphatic carboxylic acids is 1. The number of β-lactam (4-membered cyclic amide) rings is 1. The van der Waals surface area contributed by atoms with Gasteiger partial charge in [0.1, 0.15) is 0 Å². The number of amides is 2. The number of carbonyl (C=O) groups excluding carboxylic acids is 4. The number of thioether (sulfide) groups is 1. The molecule has 2 amide bonds. The first kappa shape index (κ1) is 30.3. The predicted molar refractivity (Wildman–Crippen MR) is 114 cm³/mol. The van der Waals surface area contributed by atoms with Crippen molar-refractivity contribution in [3.05, 3.63) is 40.4 Å². The van der Waals surface area contributed by atoms with Crippen molar-refractivity contribution in [2.45, 2.75) is 43.7 Å². The number of carboxylic acids is 2. The number of nitrogens with one attached hydrogen (secondary N) is 2. The molecular weight excluding hydrogens is 496 g/mol.